The summed E-state index contributed by atoms with van der Waals surface area (Å²) in [5.41, 5.74) is 2.18. The first-order valence-electron chi connectivity index (χ1n) is 6.87. The molecule has 0 spiro atoms. The number of aryl methyl sites for hydroxylation is 1. The molecular weight excluding hydrogens is 334 g/mol. The van der Waals surface area contributed by atoms with Gasteiger partial charge in [0.1, 0.15) is 0 Å². The molecule has 0 aliphatic rings. The van der Waals surface area contributed by atoms with Crippen LogP contribution in [0.2, 0.25) is 5.15 Å². The molecule has 0 unspecified atom stereocenters. The van der Waals surface area contributed by atoms with E-state index in [4.69, 9.17) is 11.6 Å². The number of aromatic nitrogens is 2. The number of fused-ring (bicyclic) bond motifs is 1. The molecule has 3 rings (SSSR count). The van der Waals surface area contributed by atoms with Crippen LogP contribution in [0.15, 0.2) is 53.4 Å². The first kappa shape index (κ1) is 15.7. The second-order valence-corrected chi connectivity index (χ2v) is 7.44. The van der Waals surface area contributed by atoms with E-state index in [9.17, 15) is 8.42 Å². The molecule has 2 aromatic carbocycles. The second kappa shape index (κ2) is 5.79. The highest BCUT2D eigenvalue weighted by Gasteiger charge is 2.25. The number of hydrogen-bond acceptors (Lipinski definition) is 4. The summed E-state index contributed by atoms with van der Waals surface area (Å²) in [7, 11) is -2.34. The molecule has 118 valence electrons. The topological polar surface area (TPSA) is 63.2 Å². The van der Waals surface area contributed by atoms with Crippen LogP contribution >= 0.6 is 11.6 Å². The molecule has 23 heavy (non-hydrogen) atoms. The Morgan fingerprint density at radius 2 is 1.52 bits per heavy atom. The van der Waals surface area contributed by atoms with Crippen LogP contribution < -0.4 is 4.31 Å². The van der Waals surface area contributed by atoms with Crippen molar-refractivity contribution >= 4 is 38.5 Å². The molecule has 0 bridgehead atoms. The first-order chi connectivity index (χ1) is 10.9. The summed E-state index contributed by atoms with van der Waals surface area (Å²) in [4.78, 5) is 8.73. The van der Waals surface area contributed by atoms with Crippen molar-refractivity contribution in [3.63, 3.8) is 0 Å². The van der Waals surface area contributed by atoms with Gasteiger partial charge in [0.15, 0.2) is 11.0 Å². The van der Waals surface area contributed by atoms with Gasteiger partial charge in [-0.15, -0.1) is 0 Å². The van der Waals surface area contributed by atoms with E-state index in [-0.39, 0.29) is 15.9 Å². The Labute approximate surface area is 139 Å². The smallest absolute Gasteiger partial charge is 0.250 e. The molecule has 0 amide bonds. The lowest BCUT2D eigenvalue weighted by Gasteiger charge is -2.19. The molecule has 0 N–H and O–H groups in total. The third-order valence-corrected chi connectivity index (χ3v) is 5.50. The fraction of sp³-hybridized carbons (Fsp3) is 0.125. The lowest BCUT2D eigenvalue weighted by molar-refractivity contribution is 0.594. The predicted molar refractivity (Wildman–Crippen MR) is 91.3 cm³/mol. The molecule has 1 heterocycles. The van der Waals surface area contributed by atoms with Gasteiger partial charge < -0.3 is 0 Å². The van der Waals surface area contributed by atoms with Crippen LogP contribution in [0.25, 0.3) is 11.0 Å². The third kappa shape index (κ3) is 2.87. The Morgan fingerprint density at radius 3 is 2.13 bits per heavy atom. The molecule has 0 saturated heterocycles. The monoisotopic (exact) mass is 347 g/mol. The molecule has 0 aliphatic heterocycles. The van der Waals surface area contributed by atoms with Gasteiger partial charge in [0.2, 0.25) is 0 Å². The maximum absolute atomic E-state index is 12.7. The van der Waals surface area contributed by atoms with Gasteiger partial charge in [0.05, 0.1) is 15.9 Å². The minimum atomic E-state index is -3.75. The normalized spacial score (nSPS) is 11.6. The van der Waals surface area contributed by atoms with Gasteiger partial charge in [-0.3, -0.25) is 4.31 Å². The minimum Gasteiger partial charge on any atom is -0.250 e. The third-order valence-electron chi connectivity index (χ3n) is 3.49. The van der Waals surface area contributed by atoms with Crippen LogP contribution in [0, 0.1) is 6.92 Å². The van der Waals surface area contributed by atoms with Crippen molar-refractivity contribution in [1.82, 2.24) is 9.97 Å². The molecule has 3 aromatic rings. The van der Waals surface area contributed by atoms with Crippen LogP contribution in [0.3, 0.4) is 0 Å². The van der Waals surface area contributed by atoms with Crippen molar-refractivity contribution in [3.05, 3.63) is 59.2 Å². The number of nitrogens with zero attached hydrogens (tertiary/aromatic N) is 3. The van der Waals surface area contributed by atoms with Gasteiger partial charge in [-0.2, -0.15) is 0 Å². The van der Waals surface area contributed by atoms with Crippen LogP contribution in [0.5, 0.6) is 0 Å². The van der Waals surface area contributed by atoms with E-state index in [2.05, 4.69) is 9.97 Å². The van der Waals surface area contributed by atoms with E-state index in [1.165, 1.54) is 7.05 Å². The number of hydrogen-bond donors (Lipinski definition) is 0. The maximum atomic E-state index is 12.7. The number of anilines is 1. The predicted octanol–water partition coefficient (Wildman–Crippen LogP) is 3.42. The quantitative estimate of drug-likeness (QED) is 0.728. The van der Waals surface area contributed by atoms with Gasteiger partial charge in [-0.25, -0.2) is 18.4 Å². The van der Waals surface area contributed by atoms with Crippen molar-refractivity contribution in [2.75, 3.05) is 11.4 Å². The SMILES string of the molecule is Cc1ccc(S(=O)(=O)N(C)c2nc3ccccc3nc2Cl)cc1. The molecule has 1 aromatic heterocycles. The summed E-state index contributed by atoms with van der Waals surface area (Å²) in [6, 6.07) is 13.8. The maximum Gasteiger partial charge on any atom is 0.265 e. The number of halogens is 1. The zero-order valence-electron chi connectivity index (χ0n) is 12.6. The fourth-order valence-corrected chi connectivity index (χ4v) is 3.61. The zero-order valence-corrected chi connectivity index (χ0v) is 14.1. The summed E-state index contributed by atoms with van der Waals surface area (Å²) in [6.07, 6.45) is 0. The zero-order chi connectivity index (χ0) is 16.6. The Balaban J connectivity index is 2.10. The molecule has 0 aliphatic carbocycles. The van der Waals surface area contributed by atoms with Crippen molar-refractivity contribution in [3.8, 4) is 0 Å². The van der Waals surface area contributed by atoms with Crippen LogP contribution in [-0.2, 0) is 10.0 Å². The molecule has 7 heteroatoms. The largest absolute Gasteiger partial charge is 0.265 e. The number of benzene rings is 2. The first-order valence-corrected chi connectivity index (χ1v) is 8.69. The fourth-order valence-electron chi connectivity index (χ4n) is 2.15. The molecule has 0 radical (unpaired) electrons. The summed E-state index contributed by atoms with van der Waals surface area (Å²) < 4.78 is 26.5. The molecule has 0 fully saturated rings. The average molecular weight is 348 g/mol. The lowest BCUT2D eigenvalue weighted by Crippen LogP contribution is -2.28. The van der Waals surface area contributed by atoms with Crippen molar-refractivity contribution in [2.45, 2.75) is 11.8 Å². The number of para-hydroxylation sites is 2. The van der Waals surface area contributed by atoms with Crippen molar-refractivity contribution < 1.29 is 8.42 Å². The average Bonchev–Trinajstić information content (AvgIpc) is 2.54. The second-order valence-electron chi connectivity index (χ2n) is 5.11. The van der Waals surface area contributed by atoms with E-state index < -0.39 is 10.0 Å². The van der Waals surface area contributed by atoms with Crippen LogP contribution in [0.1, 0.15) is 5.56 Å². The van der Waals surface area contributed by atoms with Crippen LogP contribution in [0.4, 0.5) is 5.82 Å². The molecular formula is C16H14ClN3O2S. The van der Waals surface area contributed by atoms with E-state index in [1.807, 2.05) is 19.1 Å². The highest BCUT2D eigenvalue weighted by Crippen LogP contribution is 2.28. The summed E-state index contributed by atoms with van der Waals surface area (Å²) in [6.45, 7) is 1.89. The van der Waals surface area contributed by atoms with E-state index in [0.717, 1.165) is 9.87 Å². The minimum absolute atomic E-state index is 0.0434. The highest BCUT2D eigenvalue weighted by molar-refractivity contribution is 7.92. The van der Waals surface area contributed by atoms with Crippen molar-refractivity contribution in [2.24, 2.45) is 0 Å². The lowest BCUT2D eigenvalue weighted by atomic mass is 10.2. The van der Waals surface area contributed by atoms with Gasteiger partial charge in [-0.1, -0.05) is 41.4 Å². The molecule has 5 nitrogen and oxygen atoms in total. The van der Waals surface area contributed by atoms with Gasteiger partial charge in [0.25, 0.3) is 10.0 Å². The van der Waals surface area contributed by atoms with Crippen molar-refractivity contribution in [1.29, 1.82) is 0 Å². The molecule has 0 atom stereocenters. The Kier molecular flexibility index (Phi) is 3.95. The summed E-state index contributed by atoms with van der Waals surface area (Å²) in [5, 5.41) is 0.0434. The van der Waals surface area contributed by atoms with Crippen LogP contribution in [-0.4, -0.2) is 25.4 Å². The van der Waals surface area contributed by atoms with E-state index in [1.54, 1.807) is 36.4 Å². The standard InChI is InChI=1S/C16H14ClN3O2S/c1-11-7-9-12(10-8-11)23(21,22)20(2)16-15(17)18-13-5-3-4-6-14(13)19-16/h3-10H,1-2H3. The number of rotatable bonds is 3. The Morgan fingerprint density at radius 1 is 0.957 bits per heavy atom. The van der Waals surface area contributed by atoms with Gasteiger partial charge >= 0.3 is 0 Å². The summed E-state index contributed by atoms with van der Waals surface area (Å²) in [5.74, 6) is 0.103. The van der Waals surface area contributed by atoms with Gasteiger partial charge in [-0.05, 0) is 31.2 Å². The van der Waals surface area contributed by atoms with E-state index >= 15 is 0 Å². The number of sulfonamides is 1. The summed E-state index contributed by atoms with van der Waals surface area (Å²) >= 11 is 6.14. The molecule has 0 saturated carbocycles. The van der Waals surface area contributed by atoms with Gasteiger partial charge in [0, 0.05) is 7.05 Å². The Bertz CT molecular complexity index is 972. The van der Waals surface area contributed by atoms with E-state index in [0.29, 0.717) is 11.0 Å². The Hall–Kier alpha value is -2.18. The highest BCUT2D eigenvalue weighted by atomic mass is 35.5.